The van der Waals surface area contributed by atoms with E-state index in [0.717, 1.165) is 36.4 Å². The molecule has 6 heteroatoms. The molecule has 2 aliphatic rings. The molecule has 2 heterocycles. The first-order chi connectivity index (χ1) is 10.2. The van der Waals surface area contributed by atoms with E-state index in [0.29, 0.717) is 12.0 Å². The molecule has 0 N–H and O–H groups in total. The molecule has 0 spiro atoms. The predicted octanol–water partition coefficient (Wildman–Crippen LogP) is 2.36. The topological polar surface area (TPSA) is 60.0 Å². The van der Waals surface area contributed by atoms with Crippen LogP contribution in [0.1, 0.15) is 55.5 Å². The molecule has 2 saturated carbocycles. The maximum absolute atomic E-state index is 5.96. The Morgan fingerprint density at radius 3 is 2.86 bits per heavy atom. The van der Waals surface area contributed by atoms with Gasteiger partial charge in [-0.1, -0.05) is 6.92 Å². The highest BCUT2D eigenvalue weighted by Crippen LogP contribution is 2.47. The van der Waals surface area contributed by atoms with E-state index in [1.165, 1.54) is 19.3 Å². The smallest absolute Gasteiger partial charge is 0.165 e. The Morgan fingerprint density at radius 1 is 1.33 bits per heavy atom. The zero-order chi connectivity index (χ0) is 14.4. The van der Waals surface area contributed by atoms with Crippen molar-refractivity contribution in [1.82, 2.24) is 25.1 Å². The van der Waals surface area contributed by atoms with Crippen LogP contribution in [-0.4, -0.2) is 32.2 Å². The number of rotatable bonds is 6. The van der Waals surface area contributed by atoms with Gasteiger partial charge in [-0.15, -0.1) is 5.10 Å². The van der Waals surface area contributed by atoms with Gasteiger partial charge in [-0.2, -0.15) is 0 Å². The molecule has 112 valence electrons. The van der Waals surface area contributed by atoms with E-state index in [4.69, 9.17) is 4.42 Å². The summed E-state index contributed by atoms with van der Waals surface area (Å²) in [5.74, 6) is 4.55. The first kappa shape index (κ1) is 13.0. The standard InChI is InChI=1S/C15H21N5O/c1-10-7-13(10)14-6-5-12(21-14)8-19(2)9-15-16-17-18-20(15)11-3-4-11/h5-6,10-11,13H,3-4,7-9H2,1-2H3/t10-,13-/m0/s1. The van der Waals surface area contributed by atoms with Gasteiger partial charge in [0.2, 0.25) is 0 Å². The second-order valence-corrected chi connectivity index (χ2v) is 6.57. The largest absolute Gasteiger partial charge is 0.464 e. The van der Waals surface area contributed by atoms with E-state index in [-0.39, 0.29) is 0 Å². The van der Waals surface area contributed by atoms with Gasteiger partial charge in [0.1, 0.15) is 11.5 Å². The summed E-state index contributed by atoms with van der Waals surface area (Å²) in [4.78, 5) is 2.20. The SMILES string of the molecule is C[C@H]1C[C@@H]1c1ccc(CN(C)Cc2nnnn2C2CC2)o1. The Morgan fingerprint density at radius 2 is 2.14 bits per heavy atom. The van der Waals surface area contributed by atoms with Crippen LogP contribution in [0.25, 0.3) is 0 Å². The zero-order valence-corrected chi connectivity index (χ0v) is 12.6. The van der Waals surface area contributed by atoms with Gasteiger partial charge in [0.05, 0.1) is 19.1 Å². The lowest BCUT2D eigenvalue weighted by molar-refractivity contribution is 0.271. The van der Waals surface area contributed by atoms with Crippen LogP contribution in [0, 0.1) is 5.92 Å². The molecule has 4 rings (SSSR count). The number of hydrogen-bond donors (Lipinski definition) is 0. The molecule has 2 fully saturated rings. The third-order valence-electron chi connectivity index (χ3n) is 4.45. The van der Waals surface area contributed by atoms with Crippen molar-refractivity contribution in [1.29, 1.82) is 0 Å². The van der Waals surface area contributed by atoms with Crippen LogP contribution in [-0.2, 0) is 13.1 Å². The van der Waals surface area contributed by atoms with Crippen molar-refractivity contribution < 1.29 is 4.42 Å². The highest BCUT2D eigenvalue weighted by Gasteiger charge is 2.36. The third-order valence-corrected chi connectivity index (χ3v) is 4.45. The van der Waals surface area contributed by atoms with Gasteiger partial charge in [-0.05, 0) is 54.8 Å². The van der Waals surface area contributed by atoms with Crippen LogP contribution >= 0.6 is 0 Å². The fraction of sp³-hybridized carbons (Fsp3) is 0.667. The molecular formula is C15H21N5O. The molecule has 2 aromatic heterocycles. The highest BCUT2D eigenvalue weighted by molar-refractivity contribution is 5.17. The van der Waals surface area contributed by atoms with Gasteiger partial charge in [0.25, 0.3) is 0 Å². The van der Waals surface area contributed by atoms with Crippen LogP contribution in [0.15, 0.2) is 16.5 Å². The average Bonchev–Trinajstić information content (AvgIpc) is 3.33. The van der Waals surface area contributed by atoms with Gasteiger partial charge in [0, 0.05) is 5.92 Å². The summed E-state index contributed by atoms with van der Waals surface area (Å²) < 4.78 is 7.93. The number of aromatic nitrogens is 4. The molecule has 2 atom stereocenters. The predicted molar refractivity (Wildman–Crippen MR) is 76.5 cm³/mol. The minimum atomic E-state index is 0.523. The Kier molecular flexibility index (Phi) is 3.06. The third kappa shape index (κ3) is 2.72. The molecule has 6 nitrogen and oxygen atoms in total. The second-order valence-electron chi connectivity index (χ2n) is 6.57. The van der Waals surface area contributed by atoms with E-state index in [9.17, 15) is 0 Å². The average molecular weight is 287 g/mol. The molecule has 0 amide bonds. The molecule has 2 aromatic rings. The fourth-order valence-corrected chi connectivity index (χ4v) is 2.88. The summed E-state index contributed by atoms with van der Waals surface area (Å²) in [5, 5.41) is 12.0. The molecule has 2 aliphatic carbocycles. The lowest BCUT2D eigenvalue weighted by Crippen LogP contribution is -2.20. The van der Waals surface area contributed by atoms with Crippen molar-refractivity contribution in [2.75, 3.05) is 7.05 Å². The van der Waals surface area contributed by atoms with E-state index in [1.54, 1.807) is 0 Å². The summed E-state index contributed by atoms with van der Waals surface area (Å²) in [6.45, 7) is 3.81. The zero-order valence-electron chi connectivity index (χ0n) is 12.6. The molecule has 0 aliphatic heterocycles. The first-order valence-electron chi connectivity index (χ1n) is 7.74. The molecule has 0 bridgehead atoms. The van der Waals surface area contributed by atoms with Gasteiger partial charge in [-0.3, -0.25) is 4.90 Å². The van der Waals surface area contributed by atoms with Gasteiger partial charge < -0.3 is 4.42 Å². The summed E-state index contributed by atoms with van der Waals surface area (Å²) in [6.07, 6.45) is 3.66. The van der Waals surface area contributed by atoms with E-state index >= 15 is 0 Å². The van der Waals surface area contributed by atoms with Gasteiger partial charge in [0.15, 0.2) is 5.82 Å². The number of nitrogens with zero attached hydrogens (tertiary/aromatic N) is 5. The van der Waals surface area contributed by atoms with Crippen molar-refractivity contribution in [3.05, 3.63) is 29.5 Å². The Balaban J connectivity index is 1.37. The van der Waals surface area contributed by atoms with E-state index in [1.807, 2.05) is 4.68 Å². The monoisotopic (exact) mass is 287 g/mol. The summed E-state index contributed by atoms with van der Waals surface area (Å²) in [7, 11) is 2.08. The maximum atomic E-state index is 5.96. The molecule has 0 aromatic carbocycles. The minimum absolute atomic E-state index is 0.523. The molecule has 0 unspecified atom stereocenters. The lowest BCUT2D eigenvalue weighted by atomic mass is 10.3. The maximum Gasteiger partial charge on any atom is 0.165 e. The second kappa shape index (κ2) is 4.94. The number of tetrazole rings is 1. The Bertz CT molecular complexity index is 630. The van der Waals surface area contributed by atoms with Crippen molar-refractivity contribution >= 4 is 0 Å². The Hall–Kier alpha value is -1.69. The number of furan rings is 1. The first-order valence-corrected chi connectivity index (χ1v) is 7.74. The summed E-state index contributed by atoms with van der Waals surface area (Å²) >= 11 is 0. The van der Waals surface area contributed by atoms with Crippen molar-refractivity contribution in [3.8, 4) is 0 Å². The Labute approximate surface area is 124 Å². The van der Waals surface area contributed by atoms with Gasteiger partial charge >= 0.3 is 0 Å². The molecule has 0 saturated heterocycles. The summed E-state index contributed by atoms with van der Waals surface area (Å²) in [6, 6.07) is 4.75. The molecular weight excluding hydrogens is 266 g/mol. The quantitative estimate of drug-likeness (QED) is 0.816. The van der Waals surface area contributed by atoms with E-state index in [2.05, 4.69) is 46.5 Å². The normalized spacial score (nSPS) is 24.7. The van der Waals surface area contributed by atoms with Crippen molar-refractivity contribution in [2.24, 2.45) is 5.92 Å². The highest BCUT2D eigenvalue weighted by atomic mass is 16.3. The molecule has 21 heavy (non-hydrogen) atoms. The number of hydrogen-bond acceptors (Lipinski definition) is 5. The lowest BCUT2D eigenvalue weighted by Gasteiger charge is -2.14. The van der Waals surface area contributed by atoms with Crippen LogP contribution in [0.4, 0.5) is 0 Å². The van der Waals surface area contributed by atoms with Gasteiger partial charge in [-0.25, -0.2) is 4.68 Å². The minimum Gasteiger partial charge on any atom is -0.464 e. The molecule has 0 radical (unpaired) electrons. The van der Waals surface area contributed by atoms with Crippen LogP contribution in [0.2, 0.25) is 0 Å². The summed E-state index contributed by atoms with van der Waals surface area (Å²) in [5.41, 5.74) is 0. The van der Waals surface area contributed by atoms with Crippen molar-refractivity contribution in [2.45, 2.75) is 51.2 Å². The van der Waals surface area contributed by atoms with Crippen LogP contribution < -0.4 is 0 Å². The van der Waals surface area contributed by atoms with Crippen LogP contribution in [0.5, 0.6) is 0 Å². The van der Waals surface area contributed by atoms with E-state index < -0.39 is 0 Å². The van der Waals surface area contributed by atoms with Crippen LogP contribution in [0.3, 0.4) is 0 Å². The fourth-order valence-electron chi connectivity index (χ4n) is 2.88. The van der Waals surface area contributed by atoms with Crippen molar-refractivity contribution in [3.63, 3.8) is 0 Å².